The number of benzene rings is 2. The van der Waals surface area contributed by atoms with Crippen LogP contribution in [0.3, 0.4) is 0 Å². The first-order valence-electron chi connectivity index (χ1n) is 9.76. The van der Waals surface area contributed by atoms with E-state index in [-0.39, 0.29) is 11.7 Å². The zero-order chi connectivity index (χ0) is 22.8. The van der Waals surface area contributed by atoms with E-state index in [2.05, 4.69) is 45.9 Å². The second kappa shape index (κ2) is 12.3. The largest absolute Gasteiger partial charge is 0.494 e. The maximum Gasteiger partial charge on any atom is 0.276 e. The van der Waals surface area contributed by atoms with Crippen molar-refractivity contribution in [3.05, 3.63) is 58.1 Å². The topological polar surface area (TPSA) is 88.7 Å². The number of ether oxygens (including phenoxy) is 2. The molecule has 166 valence electrons. The molecule has 7 nitrogen and oxygen atoms in total. The summed E-state index contributed by atoms with van der Waals surface area (Å²) in [5.41, 5.74) is 6.32. The predicted molar refractivity (Wildman–Crippen MR) is 127 cm³/mol. The summed E-state index contributed by atoms with van der Waals surface area (Å²) in [6.07, 6.45) is 0.925. The molecule has 0 aliphatic carbocycles. The van der Waals surface area contributed by atoms with Crippen molar-refractivity contribution in [2.45, 2.75) is 27.2 Å². The maximum atomic E-state index is 12.4. The molecule has 0 aliphatic rings. The number of aryl methyl sites for hydroxylation is 1. The molecule has 3 N–H and O–H groups in total. The van der Waals surface area contributed by atoms with Crippen LogP contribution in [-0.4, -0.2) is 30.1 Å². The first kappa shape index (κ1) is 24.6. The Morgan fingerprint density at radius 1 is 1.10 bits per heavy atom. The van der Waals surface area contributed by atoms with Gasteiger partial charge in [-0.05, 0) is 83.3 Å². The standard InChI is InChI=1S/C22H26BrN3O4S/c1-14(2)9-10-29-17-6-4-5-16(12-17)21(28)24-22(31)26-25-20(27)13-30-19-8-7-15(3)11-18(19)23/h4-8,11-12,14H,9-10,13H2,1-3H3,(H,25,27)(H2,24,26,28,31). The third kappa shape index (κ3) is 8.94. The van der Waals surface area contributed by atoms with E-state index in [0.717, 1.165) is 16.5 Å². The number of carbonyl (C=O) groups is 2. The second-order valence-electron chi connectivity index (χ2n) is 7.24. The van der Waals surface area contributed by atoms with Crippen LogP contribution in [0.15, 0.2) is 46.9 Å². The highest BCUT2D eigenvalue weighted by atomic mass is 79.9. The van der Waals surface area contributed by atoms with Gasteiger partial charge >= 0.3 is 0 Å². The molecule has 2 aromatic rings. The Kier molecular flexibility index (Phi) is 9.74. The van der Waals surface area contributed by atoms with E-state index in [4.69, 9.17) is 21.7 Å². The van der Waals surface area contributed by atoms with Gasteiger partial charge in [0.1, 0.15) is 11.5 Å². The lowest BCUT2D eigenvalue weighted by Gasteiger charge is -2.13. The molecule has 0 unspecified atom stereocenters. The Morgan fingerprint density at radius 2 is 1.87 bits per heavy atom. The number of hydrogen-bond acceptors (Lipinski definition) is 5. The van der Waals surface area contributed by atoms with Crippen molar-refractivity contribution in [3.63, 3.8) is 0 Å². The van der Waals surface area contributed by atoms with Gasteiger partial charge in [-0.25, -0.2) is 0 Å². The maximum absolute atomic E-state index is 12.4. The molecule has 0 fully saturated rings. The van der Waals surface area contributed by atoms with Gasteiger partial charge in [0.2, 0.25) is 0 Å². The summed E-state index contributed by atoms with van der Waals surface area (Å²) in [5.74, 6) is 0.825. The fourth-order valence-corrected chi connectivity index (χ4v) is 3.13. The van der Waals surface area contributed by atoms with Crippen LogP contribution in [-0.2, 0) is 4.79 Å². The SMILES string of the molecule is Cc1ccc(OCC(=O)NNC(=S)NC(=O)c2cccc(OCCC(C)C)c2)c(Br)c1. The van der Waals surface area contributed by atoms with Crippen molar-refractivity contribution in [1.82, 2.24) is 16.2 Å². The fourth-order valence-electron chi connectivity index (χ4n) is 2.37. The minimum atomic E-state index is -0.454. The van der Waals surface area contributed by atoms with E-state index >= 15 is 0 Å². The predicted octanol–water partition coefficient (Wildman–Crippen LogP) is 3.90. The lowest BCUT2D eigenvalue weighted by atomic mass is 10.1. The van der Waals surface area contributed by atoms with Gasteiger partial charge in [-0.3, -0.25) is 25.8 Å². The van der Waals surface area contributed by atoms with Crippen LogP contribution >= 0.6 is 28.1 Å². The molecule has 2 rings (SSSR count). The van der Waals surface area contributed by atoms with Crippen LogP contribution in [0.5, 0.6) is 11.5 Å². The molecule has 0 atom stereocenters. The molecule has 0 radical (unpaired) electrons. The number of nitrogens with one attached hydrogen (secondary N) is 3. The molecule has 2 amide bonds. The van der Waals surface area contributed by atoms with E-state index in [9.17, 15) is 9.59 Å². The van der Waals surface area contributed by atoms with E-state index in [1.807, 2.05) is 19.1 Å². The van der Waals surface area contributed by atoms with Gasteiger partial charge < -0.3 is 9.47 Å². The van der Waals surface area contributed by atoms with E-state index in [1.54, 1.807) is 30.3 Å². The third-order valence-corrected chi connectivity index (χ3v) is 4.87. The highest BCUT2D eigenvalue weighted by Gasteiger charge is 2.11. The smallest absolute Gasteiger partial charge is 0.276 e. The van der Waals surface area contributed by atoms with Gasteiger partial charge in [-0.2, -0.15) is 0 Å². The van der Waals surface area contributed by atoms with Crippen molar-refractivity contribution in [2.24, 2.45) is 5.92 Å². The zero-order valence-electron chi connectivity index (χ0n) is 17.7. The second-order valence-corrected chi connectivity index (χ2v) is 8.50. The summed E-state index contributed by atoms with van der Waals surface area (Å²) >= 11 is 8.44. The minimum absolute atomic E-state index is 0.0407. The number of rotatable bonds is 8. The first-order valence-corrected chi connectivity index (χ1v) is 11.0. The highest BCUT2D eigenvalue weighted by Crippen LogP contribution is 2.25. The number of hydrazine groups is 1. The van der Waals surface area contributed by atoms with Gasteiger partial charge in [0.05, 0.1) is 11.1 Å². The lowest BCUT2D eigenvalue weighted by molar-refractivity contribution is -0.123. The molecule has 0 spiro atoms. The highest BCUT2D eigenvalue weighted by molar-refractivity contribution is 9.10. The first-order chi connectivity index (χ1) is 14.7. The van der Waals surface area contributed by atoms with Gasteiger partial charge in [0, 0.05) is 5.56 Å². The Hall–Kier alpha value is -2.65. The number of halogens is 1. The Bertz CT molecular complexity index is 937. The van der Waals surface area contributed by atoms with Crippen molar-refractivity contribution in [1.29, 1.82) is 0 Å². The summed E-state index contributed by atoms with van der Waals surface area (Å²) in [5, 5.41) is 2.46. The molecule has 0 saturated heterocycles. The van der Waals surface area contributed by atoms with Crippen LogP contribution < -0.4 is 25.6 Å². The zero-order valence-corrected chi connectivity index (χ0v) is 20.1. The van der Waals surface area contributed by atoms with Gasteiger partial charge in [0.15, 0.2) is 11.7 Å². The van der Waals surface area contributed by atoms with Crippen LogP contribution in [0.25, 0.3) is 0 Å². The molecular weight excluding hydrogens is 482 g/mol. The number of amides is 2. The Morgan fingerprint density at radius 3 is 2.58 bits per heavy atom. The quantitative estimate of drug-likeness (QED) is 0.371. The van der Waals surface area contributed by atoms with Crippen molar-refractivity contribution < 1.29 is 19.1 Å². The lowest BCUT2D eigenvalue weighted by Crippen LogP contribution is -2.49. The molecule has 2 aromatic carbocycles. The number of thiocarbonyl (C=S) groups is 1. The van der Waals surface area contributed by atoms with E-state index in [1.165, 1.54) is 0 Å². The number of hydrogen-bond donors (Lipinski definition) is 3. The van der Waals surface area contributed by atoms with Gasteiger partial charge in [-0.15, -0.1) is 0 Å². The molecule has 31 heavy (non-hydrogen) atoms. The normalized spacial score (nSPS) is 10.4. The fraction of sp³-hybridized carbons (Fsp3) is 0.318. The molecule has 9 heteroatoms. The molecule has 0 aromatic heterocycles. The van der Waals surface area contributed by atoms with Crippen molar-refractivity contribution in [3.8, 4) is 11.5 Å². The van der Waals surface area contributed by atoms with Crippen LogP contribution in [0.1, 0.15) is 36.2 Å². The molecule has 0 aliphatic heterocycles. The summed E-state index contributed by atoms with van der Waals surface area (Å²) in [7, 11) is 0. The average Bonchev–Trinajstić information content (AvgIpc) is 2.71. The minimum Gasteiger partial charge on any atom is -0.494 e. The molecular formula is C22H26BrN3O4S. The summed E-state index contributed by atoms with van der Waals surface area (Å²) in [4.78, 5) is 24.3. The van der Waals surface area contributed by atoms with Gasteiger partial charge in [-0.1, -0.05) is 26.0 Å². The van der Waals surface area contributed by atoms with Crippen LogP contribution in [0.2, 0.25) is 0 Å². The third-order valence-electron chi connectivity index (χ3n) is 4.05. The van der Waals surface area contributed by atoms with Crippen molar-refractivity contribution in [2.75, 3.05) is 13.2 Å². The number of carbonyl (C=O) groups excluding carboxylic acids is 2. The van der Waals surface area contributed by atoms with E-state index in [0.29, 0.717) is 29.6 Å². The average molecular weight is 508 g/mol. The van der Waals surface area contributed by atoms with Crippen molar-refractivity contribution >= 4 is 45.1 Å². The Balaban J connectivity index is 1.76. The van der Waals surface area contributed by atoms with Gasteiger partial charge in [0.25, 0.3) is 11.8 Å². The molecule has 0 saturated carbocycles. The summed E-state index contributed by atoms with van der Waals surface area (Å²) in [6, 6.07) is 12.4. The Labute approximate surface area is 196 Å². The summed E-state index contributed by atoms with van der Waals surface area (Å²) in [6.45, 7) is 6.55. The monoisotopic (exact) mass is 507 g/mol. The molecule has 0 bridgehead atoms. The van der Waals surface area contributed by atoms with E-state index < -0.39 is 11.8 Å². The summed E-state index contributed by atoms with van der Waals surface area (Å²) < 4.78 is 11.9. The van der Waals surface area contributed by atoms with Crippen LogP contribution in [0, 0.1) is 12.8 Å². The molecule has 0 heterocycles. The van der Waals surface area contributed by atoms with Crippen LogP contribution in [0.4, 0.5) is 0 Å².